The van der Waals surface area contributed by atoms with Crippen LogP contribution in [0.5, 0.6) is 0 Å². The van der Waals surface area contributed by atoms with Gasteiger partial charge in [-0.25, -0.2) is 0 Å². The number of rotatable bonds is 0. The fraction of sp³-hybridized carbons (Fsp3) is 0. The molecule has 0 aliphatic heterocycles. The fourth-order valence-corrected chi connectivity index (χ4v) is 0. The molecule has 0 radical (unpaired) electrons. The van der Waals surface area contributed by atoms with E-state index in [9.17, 15) is 0 Å². The van der Waals surface area contributed by atoms with Gasteiger partial charge in [0.05, 0.1) is 0 Å². The molecule has 0 aromatic carbocycles. The van der Waals surface area contributed by atoms with Gasteiger partial charge in [-0.15, -0.1) is 62.0 Å². The molecule has 0 nitrogen and oxygen atoms in total. The van der Waals surface area contributed by atoms with Crippen molar-refractivity contribution in [2.45, 2.75) is 0 Å². The summed E-state index contributed by atoms with van der Waals surface area (Å²) in [6.45, 7) is 0. The number of halogens is 5. The first-order valence-corrected chi connectivity index (χ1v) is 0. The average Bonchev–Trinajstić information content (AvgIpc) is 0. The van der Waals surface area contributed by atoms with Crippen molar-refractivity contribution in [2.24, 2.45) is 0 Å². The van der Waals surface area contributed by atoms with Crippen molar-refractivity contribution in [1.82, 2.24) is 0 Å². The third-order valence-electron chi connectivity index (χ3n) is 0. The predicted molar refractivity (Wildman–Crippen MR) is 57.7 cm³/mol. The molecule has 0 N–H and O–H groups in total. The maximum atomic E-state index is 0. The summed E-state index contributed by atoms with van der Waals surface area (Å²) in [5, 5.41) is 0. The normalized spacial score (nSPS) is 0. The molecule has 0 rings (SSSR count). The van der Waals surface area contributed by atoms with Crippen molar-refractivity contribution < 1.29 is 0 Å². The molecular weight excluding hydrogens is 246 g/mol. The van der Waals surface area contributed by atoms with Crippen LogP contribution in [0, 0.1) is 0 Å². The molecule has 8 heavy (non-hydrogen) atoms. The molecule has 46 valence electrons. The summed E-state index contributed by atoms with van der Waals surface area (Å²) in [5.41, 5.74) is 0. The molecule has 0 atom stereocenters. The molecule has 0 bridgehead atoms. The molecule has 0 aromatic rings. The first kappa shape index (κ1) is 82.4. The molecule has 0 heterocycles. The Morgan fingerprint density at radius 1 is 0.250 bits per heavy atom. The van der Waals surface area contributed by atoms with Crippen LogP contribution < -0.4 is 0 Å². The molecule has 0 saturated heterocycles. The molecule has 0 aliphatic carbocycles. The van der Waals surface area contributed by atoms with Gasteiger partial charge in [0.25, 0.3) is 0 Å². The average molecular weight is 254 g/mol. The zero-order valence-electron chi connectivity index (χ0n) is 2.04. The molecule has 0 spiro atoms. The monoisotopic (exact) mass is 252 g/mol. The fourth-order valence-electron chi connectivity index (χ4n) is 0. The van der Waals surface area contributed by atoms with Crippen LogP contribution in [0.15, 0.2) is 0 Å². The first-order chi connectivity index (χ1) is 0. The standard InChI is InChI=1S/5ClH.3Na.3H/h5*1H;;;;;;. The second kappa shape index (κ2) is 63.1. The maximum absolute atomic E-state index is 0. The molecule has 0 fully saturated rings. The van der Waals surface area contributed by atoms with Crippen molar-refractivity contribution in [3.8, 4) is 0 Å². The Labute approximate surface area is 147 Å². The minimum atomic E-state index is 0. The van der Waals surface area contributed by atoms with Crippen LogP contribution in [0.4, 0.5) is 0 Å². The van der Waals surface area contributed by atoms with E-state index in [1.165, 1.54) is 0 Å². The Bertz CT molecular complexity index is 7.64. The molecule has 0 aliphatic rings. The van der Waals surface area contributed by atoms with Gasteiger partial charge in [0.15, 0.2) is 0 Å². The van der Waals surface area contributed by atoms with E-state index < -0.39 is 0 Å². The van der Waals surface area contributed by atoms with E-state index in [4.69, 9.17) is 0 Å². The van der Waals surface area contributed by atoms with Crippen LogP contribution in [0.25, 0.3) is 0 Å². The quantitative estimate of drug-likeness (QED) is 0.540. The van der Waals surface area contributed by atoms with Gasteiger partial charge in [-0.3, -0.25) is 0 Å². The van der Waals surface area contributed by atoms with Gasteiger partial charge in [0, 0.05) is 0 Å². The summed E-state index contributed by atoms with van der Waals surface area (Å²) in [4.78, 5) is 0. The molecular formula is H8Cl5Na3. The van der Waals surface area contributed by atoms with Gasteiger partial charge in [-0.1, -0.05) is 0 Å². The van der Waals surface area contributed by atoms with Crippen LogP contribution in [0.2, 0.25) is 0 Å². The predicted octanol–water partition coefficient (Wildman–Crippen LogP) is 0.164. The van der Waals surface area contributed by atoms with Crippen LogP contribution >= 0.6 is 62.0 Å². The number of hydrogen-bond donors (Lipinski definition) is 0. The number of hydrogen-bond acceptors (Lipinski definition) is 0. The second-order valence-corrected chi connectivity index (χ2v) is 0. The van der Waals surface area contributed by atoms with Crippen molar-refractivity contribution in [3.05, 3.63) is 0 Å². The van der Waals surface area contributed by atoms with E-state index in [0.29, 0.717) is 0 Å². The Hall–Kier alpha value is 4.45. The van der Waals surface area contributed by atoms with Gasteiger partial charge >= 0.3 is 88.7 Å². The van der Waals surface area contributed by atoms with Crippen molar-refractivity contribution in [1.29, 1.82) is 0 Å². The summed E-state index contributed by atoms with van der Waals surface area (Å²) < 4.78 is 0. The zero-order valence-corrected chi connectivity index (χ0v) is 6.12. The van der Waals surface area contributed by atoms with Crippen LogP contribution in [-0.2, 0) is 0 Å². The molecule has 0 amide bonds. The van der Waals surface area contributed by atoms with Gasteiger partial charge < -0.3 is 0 Å². The van der Waals surface area contributed by atoms with Crippen molar-refractivity contribution in [2.75, 3.05) is 0 Å². The van der Waals surface area contributed by atoms with Gasteiger partial charge in [0.2, 0.25) is 0 Å². The van der Waals surface area contributed by atoms with Crippen LogP contribution in [0.3, 0.4) is 0 Å². The zero-order chi connectivity index (χ0) is 0. The third kappa shape index (κ3) is 47.1. The summed E-state index contributed by atoms with van der Waals surface area (Å²) >= 11 is 0. The van der Waals surface area contributed by atoms with Gasteiger partial charge in [-0.05, 0) is 0 Å². The molecule has 8 heteroatoms. The van der Waals surface area contributed by atoms with Gasteiger partial charge in [-0.2, -0.15) is 0 Å². The van der Waals surface area contributed by atoms with Crippen LogP contribution in [-0.4, -0.2) is 88.7 Å². The Balaban J connectivity index is 0. The minimum absolute atomic E-state index is 0. The summed E-state index contributed by atoms with van der Waals surface area (Å²) in [7, 11) is 0. The van der Waals surface area contributed by atoms with E-state index >= 15 is 0 Å². The van der Waals surface area contributed by atoms with E-state index in [1.807, 2.05) is 0 Å². The second-order valence-electron chi connectivity index (χ2n) is 0. The third-order valence-corrected chi connectivity index (χ3v) is 0. The van der Waals surface area contributed by atoms with E-state index in [-0.39, 0.29) is 151 Å². The summed E-state index contributed by atoms with van der Waals surface area (Å²) in [6.07, 6.45) is 0. The summed E-state index contributed by atoms with van der Waals surface area (Å²) in [5.74, 6) is 0. The Kier molecular flexibility index (Phi) is 651. The van der Waals surface area contributed by atoms with E-state index in [2.05, 4.69) is 0 Å². The van der Waals surface area contributed by atoms with Crippen molar-refractivity contribution >= 4 is 151 Å². The van der Waals surface area contributed by atoms with E-state index in [1.54, 1.807) is 0 Å². The first-order valence-electron chi connectivity index (χ1n) is 0. The van der Waals surface area contributed by atoms with Crippen LogP contribution in [0.1, 0.15) is 0 Å². The molecule has 0 aromatic heterocycles. The Morgan fingerprint density at radius 2 is 0.250 bits per heavy atom. The molecule has 0 saturated carbocycles. The summed E-state index contributed by atoms with van der Waals surface area (Å²) in [6, 6.07) is 0. The van der Waals surface area contributed by atoms with Gasteiger partial charge in [0.1, 0.15) is 0 Å². The molecule has 0 unspecified atom stereocenters. The topological polar surface area (TPSA) is 0 Å². The SMILES string of the molecule is Cl.Cl.Cl.Cl.Cl.[NaH].[NaH].[NaH]. The Morgan fingerprint density at radius 3 is 0.250 bits per heavy atom. The van der Waals surface area contributed by atoms with Crippen molar-refractivity contribution in [3.63, 3.8) is 0 Å². The van der Waals surface area contributed by atoms with E-state index in [0.717, 1.165) is 0 Å².